The molecule has 4 nitrogen and oxygen atoms in total. The van der Waals surface area contributed by atoms with E-state index in [9.17, 15) is 4.79 Å². The van der Waals surface area contributed by atoms with Crippen LogP contribution in [0, 0.1) is 0 Å². The summed E-state index contributed by atoms with van der Waals surface area (Å²) in [4.78, 5) is 16.4. The third kappa shape index (κ3) is 2.35. The molecule has 96 valence electrons. The highest BCUT2D eigenvalue weighted by Crippen LogP contribution is 2.17. The summed E-state index contributed by atoms with van der Waals surface area (Å²) in [5, 5.41) is 7.05. The zero-order valence-electron chi connectivity index (χ0n) is 10.7. The molecule has 3 rings (SSSR count). The lowest BCUT2D eigenvalue weighted by Gasteiger charge is -2.21. The van der Waals surface area contributed by atoms with Crippen molar-refractivity contribution in [1.29, 1.82) is 0 Å². The number of para-hydroxylation sites is 1. The van der Waals surface area contributed by atoms with Crippen molar-refractivity contribution < 1.29 is 4.79 Å². The molecule has 2 heterocycles. The molecule has 2 N–H and O–H groups in total. The Labute approximate surface area is 111 Å². The van der Waals surface area contributed by atoms with Gasteiger partial charge in [0.15, 0.2) is 0 Å². The average Bonchev–Trinajstić information content (AvgIpc) is 2.36. The van der Waals surface area contributed by atoms with Gasteiger partial charge >= 0.3 is 0 Å². The summed E-state index contributed by atoms with van der Waals surface area (Å²) >= 11 is 0. The van der Waals surface area contributed by atoms with E-state index in [1.54, 1.807) is 6.20 Å². The van der Waals surface area contributed by atoms with E-state index in [0.29, 0.717) is 0 Å². The van der Waals surface area contributed by atoms with Crippen molar-refractivity contribution in [2.75, 3.05) is 18.4 Å². The van der Waals surface area contributed by atoms with Crippen LogP contribution in [0.4, 0.5) is 5.69 Å². The molecule has 1 saturated heterocycles. The van der Waals surface area contributed by atoms with Crippen LogP contribution in [0.2, 0.25) is 0 Å². The zero-order valence-corrected chi connectivity index (χ0v) is 10.7. The molecule has 2 aromatic rings. The summed E-state index contributed by atoms with van der Waals surface area (Å²) in [6.45, 7) is 3.49. The van der Waals surface area contributed by atoms with Gasteiger partial charge in [-0.3, -0.25) is 9.78 Å². The summed E-state index contributed by atoms with van der Waals surface area (Å²) in [6, 6.07) is 9.79. The minimum absolute atomic E-state index is 0.0476. The molecular formula is C15H15N3O. The van der Waals surface area contributed by atoms with Crippen LogP contribution in [0.3, 0.4) is 0 Å². The molecule has 19 heavy (non-hydrogen) atoms. The fourth-order valence-corrected chi connectivity index (χ4v) is 2.04. The number of fused-ring (bicyclic) bond motifs is 1. The second kappa shape index (κ2) is 4.82. The molecule has 0 radical (unpaired) electrons. The maximum absolute atomic E-state index is 12.1. The monoisotopic (exact) mass is 253 g/mol. The predicted molar refractivity (Wildman–Crippen MR) is 75.9 cm³/mol. The van der Waals surface area contributed by atoms with Gasteiger partial charge in [-0.1, -0.05) is 18.2 Å². The fourth-order valence-electron chi connectivity index (χ4n) is 2.04. The van der Waals surface area contributed by atoms with Crippen molar-refractivity contribution in [2.24, 2.45) is 0 Å². The lowest BCUT2D eigenvalue weighted by Crippen LogP contribution is -2.36. The SMILES string of the molecule is CC(C(=O)Nc1cnc2ccccc2c1)=C1CNC1. The van der Waals surface area contributed by atoms with Crippen LogP contribution in [0.5, 0.6) is 0 Å². The van der Waals surface area contributed by atoms with Crippen molar-refractivity contribution in [2.45, 2.75) is 6.92 Å². The first-order chi connectivity index (χ1) is 9.24. The number of nitrogens with one attached hydrogen (secondary N) is 2. The topological polar surface area (TPSA) is 54.0 Å². The predicted octanol–water partition coefficient (Wildman–Crippen LogP) is 2.09. The number of nitrogens with zero attached hydrogens (tertiary/aromatic N) is 1. The van der Waals surface area contributed by atoms with Crippen LogP contribution in [0.1, 0.15) is 6.92 Å². The second-order valence-corrected chi connectivity index (χ2v) is 4.70. The summed E-state index contributed by atoms with van der Waals surface area (Å²) in [5.41, 5.74) is 3.63. The fraction of sp³-hybridized carbons (Fsp3) is 0.200. The standard InChI is InChI=1S/C15H15N3O/c1-10(12-7-16-8-12)15(19)18-13-6-11-4-2-3-5-14(11)17-9-13/h2-6,9,16H,7-8H2,1H3,(H,18,19). The highest BCUT2D eigenvalue weighted by molar-refractivity contribution is 6.04. The lowest BCUT2D eigenvalue weighted by molar-refractivity contribution is -0.112. The van der Waals surface area contributed by atoms with Gasteiger partial charge in [0.05, 0.1) is 17.4 Å². The van der Waals surface area contributed by atoms with Crippen LogP contribution in [-0.4, -0.2) is 24.0 Å². The Morgan fingerprint density at radius 1 is 1.32 bits per heavy atom. The molecule has 0 saturated carbocycles. The summed E-state index contributed by atoms with van der Waals surface area (Å²) < 4.78 is 0. The number of benzene rings is 1. The van der Waals surface area contributed by atoms with Gasteiger partial charge in [-0.15, -0.1) is 0 Å². The highest BCUT2D eigenvalue weighted by atomic mass is 16.1. The highest BCUT2D eigenvalue weighted by Gasteiger charge is 2.16. The van der Waals surface area contributed by atoms with E-state index in [2.05, 4.69) is 15.6 Å². The molecule has 1 aliphatic rings. The van der Waals surface area contributed by atoms with Gasteiger partial charge in [-0.2, -0.15) is 0 Å². The number of anilines is 1. The maximum Gasteiger partial charge on any atom is 0.251 e. The number of amides is 1. The molecule has 0 aliphatic carbocycles. The molecule has 1 amide bonds. The number of carbonyl (C=O) groups is 1. The lowest BCUT2D eigenvalue weighted by atomic mass is 10.0. The van der Waals surface area contributed by atoms with Crippen molar-refractivity contribution in [3.8, 4) is 0 Å². The Hall–Kier alpha value is -2.20. The van der Waals surface area contributed by atoms with E-state index in [0.717, 1.165) is 35.3 Å². The Morgan fingerprint density at radius 2 is 2.11 bits per heavy atom. The van der Waals surface area contributed by atoms with Gasteiger partial charge in [0.25, 0.3) is 5.91 Å². The van der Waals surface area contributed by atoms with Crippen LogP contribution >= 0.6 is 0 Å². The number of rotatable bonds is 2. The third-order valence-corrected chi connectivity index (χ3v) is 3.40. The van der Waals surface area contributed by atoms with E-state index < -0.39 is 0 Å². The van der Waals surface area contributed by atoms with E-state index in [1.165, 1.54) is 5.57 Å². The van der Waals surface area contributed by atoms with E-state index >= 15 is 0 Å². The largest absolute Gasteiger partial charge is 0.321 e. The average molecular weight is 253 g/mol. The van der Waals surface area contributed by atoms with Gasteiger partial charge in [0.1, 0.15) is 0 Å². The van der Waals surface area contributed by atoms with Crippen LogP contribution in [0.15, 0.2) is 47.7 Å². The van der Waals surface area contributed by atoms with Crippen LogP contribution in [0.25, 0.3) is 10.9 Å². The number of aromatic nitrogens is 1. The molecule has 1 fully saturated rings. The van der Waals surface area contributed by atoms with Gasteiger partial charge in [0.2, 0.25) is 0 Å². The van der Waals surface area contributed by atoms with E-state index in [4.69, 9.17) is 0 Å². The summed E-state index contributed by atoms with van der Waals surface area (Å²) in [6.07, 6.45) is 1.69. The molecule has 0 spiro atoms. The zero-order chi connectivity index (χ0) is 13.2. The number of hydrogen-bond acceptors (Lipinski definition) is 3. The number of hydrogen-bond donors (Lipinski definition) is 2. The molecular weight excluding hydrogens is 238 g/mol. The Kier molecular flexibility index (Phi) is 3.01. The molecule has 0 unspecified atom stereocenters. The minimum atomic E-state index is -0.0476. The van der Waals surface area contributed by atoms with Crippen LogP contribution < -0.4 is 10.6 Å². The summed E-state index contributed by atoms with van der Waals surface area (Å²) in [5.74, 6) is -0.0476. The van der Waals surface area contributed by atoms with Crippen molar-refractivity contribution in [3.05, 3.63) is 47.7 Å². The maximum atomic E-state index is 12.1. The second-order valence-electron chi connectivity index (χ2n) is 4.70. The first-order valence-corrected chi connectivity index (χ1v) is 6.29. The van der Waals surface area contributed by atoms with Gasteiger partial charge in [0, 0.05) is 24.0 Å². The van der Waals surface area contributed by atoms with Gasteiger partial charge in [-0.05, 0) is 24.6 Å². The van der Waals surface area contributed by atoms with E-state index in [1.807, 2.05) is 37.3 Å². The Balaban J connectivity index is 1.83. The molecule has 0 atom stereocenters. The first-order valence-electron chi connectivity index (χ1n) is 6.29. The number of carbonyl (C=O) groups excluding carboxylic acids is 1. The Bertz CT molecular complexity index is 670. The smallest absolute Gasteiger partial charge is 0.251 e. The molecule has 1 aromatic heterocycles. The molecule has 1 aromatic carbocycles. The van der Waals surface area contributed by atoms with E-state index in [-0.39, 0.29) is 5.91 Å². The first kappa shape index (κ1) is 11.9. The van der Waals surface area contributed by atoms with Crippen molar-refractivity contribution in [3.63, 3.8) is 0 Å². The molecule has 0 bridgehead atoms. The normalized spacial score (nSPS) is 14.1. The van der Waals surface area contributed by atoms with Crippen molar-refractivity contribution in [1.82, 2.24) is 10.3 Å². The molecule has 1 aliphatic heterocycles. The van der Waals surface area contributed by atoms with Crippen molar-refractivity contribution >= 4 is 22.5 Å². The van der Waals surface area contributed by atoms with Crippen LogP contribution in [-0.2, 0) is 4.79 Å². The van der Waals surface area contributed by atoms with Gasteiger partial charge in [-0.25, -0.2) is 0 Å². The molecule has 4 heteroatoms. The Morgan fingerprint density at radius 3 is 2.84 bits per heavy atom. The minimum Gasteiger partial charge on any atom is -0.321 e. The number of pyridine rings is 1. The summed E-state index contributed by atoms with van der Waals surface area (Å²) in [7, 11) is 0. The third-order valence-electron chi connectivity index (χ3n) is 3.40. The quantitative estimate of drug-likeness (QED) is 0.806. The van der Waals surface area contributed by atoms with Gasteiger partial charge < -0.3 is 10.6 Å².